The fourth-order valence-electron chi connectivity index (χ4n) is 2.80. The molecule has 2 aromatic heterocycles. The summed E-state index contributed by atoms with van der Waals surface area (Å²) in [6.07, 6.45) is 3.36. The molecule has 0 aliphatic carbocycles. The third-order valence-corrected chi connectivity index (χ3v) is 8.05. The van der Waals surface area contributed by atoms with Crippen LogP contribution in [0.3, 0.4) is 0 Å². The molecule has 3 heterocycles. The van der Waals surface area contributed by atoms with Gasteiger partial charge in [0.05, 0.1) is 4.90 Å². The van der Waals surface area contributed by atoms with Crippen LogP contribution >= 0.6 is 22.7 Å². The van der Waals surface area contributed by atoms with Crippen molar-refractivity contribution in [3.05, 3.63) is 44.3 Å². The highest BCUT2D eigenvalue weighted by molar-refractivity contribution is 7.89. The molecule has 0 spiro atoms. The van der Waals surface area contributed by atoms with Gasteiger partial charge in [0, 0.05) is 46.9 Å². The molecule has 2 aromatic rings. The number of hydrogen-bond acceptors (Lipinski definition) is 5. The van der Waals surface area contributed by atoms with Crippen molar-refractivity contribution >= 4 is 44.7 Å². The number of piperazine rings is 1. The Labute approximate surface area is 156 Å². The Bertz CT molecular complexity index is 874. The molecule has 25 heavy (non-hydrogen) atoms. The number of hydrogen-bond donors (Lipinski definition) is 0. The summed E-state index contributed by atoms with van der Waals surface area (Å²) in [5, 5.41) is 1.96. The van der Waals surface area contributed by atoms with Gasteiger partial charge in [0.1, 0.15) is 0 Å². The molecule has 1 aliphatic rings. The van der Waals surface area contributed by atoms with E-state index in [0.717, 1.165) is 14.6 Å². The normalized spacial score (nSPS) is 16.6. The van der Waals surface area contributed by atoms with Crippen molar-refractivity contribution in [1.82, 2.24) is 9.21 Å². The van der Waals surface area contributed by atoms with E-state index in [2.05, 4.69) is 0 Å². The van der Waals surface area contributed by atoms with E-state index in [9.17, 15) is 13.2 Å². The number of carbonyl (C=O) groups excluding carboxylic acids is 1. The summed E-state index contributed by atoms with van der Waals surface area (Å²) in [7, 11) is -3.48. The number of carbonyl (C=O) groups is 1. The lowest BCUT2D eigenvalue weighted by Crippen LogP contribution is -2.50. The summed E-state index contributed by atoms with van der Waals surface area (Å²) >= 11 is 3.06. The molecular formula is C17H20N2O3S3. The molecule has 0 radical (unpaired) electrons. The maximum Gasteiger partial charge on any atom is 0.246 e. The number of rotatable bonds is 4. The van der Waals surface area contributed by atoms with Crippen LogP contribution < -0.4 is 0 Å². The fraction of sp³-hybridized carbons (Fsp3) is 0.353. The van der Waals surface area contributed by atoms with Gasteiger partial charge in [-0.2, -0.15) is 4.31 Å². The number of aryl methyl sites for hydroxylation is 2. The fourth-order valence-corrected chi connectivity index (χ4v) is 6.36. The third-order valence-electron chi connectivity index (χ3n) is 4.10. The lowest BCUT2D eigenvalue weighted by molar-refractivity contribution is -0.127. The van der Waals surface area contributed by atoms with E-state index in [4.69, 9.17) is 0 Å². The zero-order valence-corrected chi connectivity index (χ0v) is 16.6. The molecule has 0 N–H and O–H groups in total. The molecule has 8 heteroatoms. The van der Waals surface area contributed by atoms with E-state index in [1.165, 1.54) is 15.6 Å². The summed E-state index contributed by atoms with van der Waals surface area (Å²) in [6, 6.07) is 5.62. The minimum absolute atomic E-state index is 0.0759. The highest BCUT2D eigenvalue weighted by Gasteiger charge is 2.31. The first-order valence-corrected chi connectivity index (χ1v) is 11.1. The van der Waals surface area contributed by atoms with E-state index >= 15 is 0 Å². The Morgan fingerprint density at radius 1 is 1.20 bits per heavy atom. The molecule has 0 bridgehead atoms. The van der Waals surface area contributed by atoms with Gasteiger partial charge in [-0.3, -0.25) is 4.79 Å². The SMILES string of the molecule is Cc1cc(S(=O)(=O)N2CCN(C(=O)/C=C/c3cccs3)CC2)c(C)s1. The summed E-state index contributed by atoms with van der Waals surface area (Å²) < 4.78 is 27.1. The molecular weight excluding hydrogens is 376 g/mol. The third kappa shape index (κ3) is 4.03. The van der Waals surface area contributed by atoms with Crippen molar-refractivity contribution in [3.8, 4) is 0 Å². The highest BCUT2D eigenvalue weighted by Crippen LogP contribution is 2.28. The molecule has 1 aliphatic heterocycles. The van der Waals surface area contributed by atoms with Gasteiger partial charge in [0.25, 0.3) is 0 Å². The van der Waals surface area contributed by atoms with Crippen molar-refractivity contribution in [1.29, 1.82) is 0 Å². The lowest BCUT2D eigenvalue weighted by atomic mass is 10.3. The van der Waals surface area contributed by atoms with Gasteiger partial charge < -0.3 is 4.90 Å². The summed E-state index contributed by atoms with van der Waals surface area (Å²) in [6.45, 7) is 5.22. The zero-order valence-electron chi connectivity index (χ0n) is 14.1. The molecule has 0 aromatic carbocycles. The molecule has 1 saturated heterocycles. The van der Waals surface area contributed by atoms with Crippen LogP contribution in [0.5, 0.6) is 0 Å². The van der Waals surface area contributed by atoms with Crippen molar-refractivity contribution in [2.45, 2.75) is 18.7 Å². The maximum absolute atomic E-state index is 12.8. The first-order valence-electron chi connectivity index (χ1n) is 7.95. The van der Waals surface area contributed by atoms with Crippen LogP contribution in [0.25, 0.3) is 6.08 Å². The Morgan fingerprint density at radius 3 is 2.48 bits per heavy atom. The Kier molecular flexibility index (Phi) is 5.43. The van der Waals surface area contributed by atoms with Crippen LogP contribution in [-0.2, 0) is 14.8 Å². The standard InChI is InChI=1S/C17H20N2O3S3/c1-13-12-16(14(2)24-13)25(21,22)19-9-7-18(8-10-19)17(20)6-5-15-4-3-11-23-15/h3-6,11-12H,7-10H2,1-2H3/b6-5+. The van der Waals surface area contributed by atoms with Crippen molar-refractivity contribution < 1.29 is 13.2 Å². The molecule has 0 saturated carbocycles. The second kappa shape index (κ2) is 7.41. The predicted molar refractivity (Wildman–Crippen MR) is 102 cm³/mol. The van der Waals surface area contributed by atoms with Gasteiger partial charge in [-0.1, -0.05) is 6.07 Å². The molecule has 0 unspecified atom stereocenters. The summed E-state index contributed by atoms with van der Waals surface area (Å²) in [5.74, 6) is -0.0759. The maximum atomic E-state index is 12.8. The largest absolute Gasteiger partial charge is 0.337 e. The monoisotopic (exact) mass is 396 g/mol. The van der Waals surface area contributed by atoms with Crippen LogP contribution in [0.15, 0.2) is 34.6 Å². The number of amides is 1. The van der Waals surface area contributed by atoms with E-state index in [1.54, 1.807) is 34.5 Å². The van der Waals surface area contributed by atoms with E-state index in [0.29, 0.717) is 31.1 Å². The van der Waals surface area contributed by atoms with Gasteiger partial charge in [-0.25, -0.2) is 8.42 Å². The smallest absolute Gasteiger partial charge is 0.246 e. The van der Waals surface area contributed by atoms with E-state index in [1.807, 2.05) is 31.4 Å². The van der Waals surface area contributed by atoms with E-state index in [-0.39, 0.29) is 5.91 Å². The average molecular weight is 397 g/mol. The summed E-state index contributed by atoms with van der Waals surface area (Å²) in [4.78, 5) is 17.2. The van der Waals surface area contributed by atoms with Gasteiger partial charge in [0.15, 0.2) is 0 Å². The lowest BCUT2D eigenvalue weighted by Gasteiger charge is -2.33. The number of sulfonamides is 1. The van der Waals surface area contributed by atoms with Crippen molar-refractivity contribution in [2.24, 2.45) is 0 Å². The Balaban J connectivity index is 1.63. The average Bonchev–Trinajstić information content (AvgIpc) is 3.22. The minimum Gasteiger partial charge on any atom is -0.337 e. The molecule has 1 amide bonds. The predicted octanol–water partition coefficient (Wildman–Crippen LogP) is 2.97. The van der Waals surface area contributed by atoms with Gasteiger partial charge in [0.2, 0.25) is 15.9 Å². The van der Waals surface area contributed by atoms with Gasteiger partial charge >= 0.3 is 0 Å². The molecule has 0 atom stereocenters. The quantitative estimate of drug-likeness (QED) is 0.747. The molecule has 134 valence electrons. The molecule has 3 rings (SSSR count). The number of thiophene rings is 2. The van der Waals surface area contributed by atoms with Crippen LogP contribution in [0, 0.1) is 13.8 Å². The van der Waals surface area contributed by atoms with Crippen LogP contribution in [0.2, 0.25) is 0 Å². The van der Waals surface area contributed by atoms with Crippen LogP contribution in [0.1, 0.15) is 14.6 Å². The topological polar surface area (TPSA) is 57.7 Å². The van der Waals surface area contributed by atoms with Gasteiger partial charge in [-0.05, 0) is 37.4 Å². The summed E-state index contributed by atoms with van der Waals surface area (Å²) in [5.41, 5.74) is 0. The van der Waals surface area contributed by atoms with Crippen molar-refractivity contribution in [3.63, 3.8) is 0 Å². The van der Waals surface area contributed by atoms with Crippen LogP contribution in [0.4, 0.5) is 0 Å². The number of nitrogens with zero attached hydrogens (tertiary/aromatic N) is 2. The zero-order chi connectivity index (χ0) is 18.0. The van der Waals surface area contributed by atoms with Crippen LogP contribution in [-0.4, -0.2) is 49.7 Å². The second-order valence-corrected chi connectivity index (χ2v) is 10.2. The minimum atomic E-state index is -3.48. The first kappa shape index (κ1) is 18.3. The Hall–Kier alpha value is -1.48. The second-order valence-electron chi connectivity index (χ2n) is 5.86. The Morgan fingerprint density at radius 2 is 1.92 bits per heavy atom. The first-order chi connectivity index (χ1) is 11.9. The molecule has 1 fully saturated rings. The van der Waals surface area contributed by atoms with E-state index < -0.39 is 10.0 Å². The van der Waals surface area contributed by atoms with Gasteiger partial charge in [-0.15, -0.1) is 22.7 Å². The highest BCUT2D eigenvalue weighted by atomic mass is 32.2. The molecule has 5 nitrogen and oxygen atoms in total. The van der Waals surface area contributed by atoms with Crippen molar-refractivity contribution in [2.75, 3.05) is 26.2 Å².